The number of anilines is 1. The number of nitrogens with one attached hydrogen (secondary N) is 3. The predicted molar refractivity (Wildman–Crippen MR) is 103 cm³/mol. The van der Waals surface area contributed by atoms with Crippen molar-refractivity contribution >= 4 is 28.2 Å². The molecule has 7 heteroatoms. The molecular weight excluding hydrogens is 348 g/mol. The SMILES string of the molecule is C=C(N)NC1CCc2sc(NC(=O)C3CC3)c(C(=O)NCC3CC3)c2C1. The lowest BCUT2D eigenvalue weighted by atomic mass is 9.91. The summed E-state index contributed by atoms with van der Waals surface area (Å²) in [5, 5.41) is 10.0. The number of thiophene rings is 1. The van der Waals surface area contributed by atoms with Crippen LogP contribution in [0.25, 0.3) is 0 Å². The van der Waals surface area contributed by atoms with Gasteiger partial charge in [-0.05, 0) is 56.4 Å². The standard InChI is InChI=1S/C19H26N4O2S/c1-10(20)22-13-6-7-15-14(8-13)16(18(25)21-9-11-2-3-11)19(26-15)23-17(24)12-4-5-12/h11-13,22H,1-9,20H2,(H,21,25)(H,23,24). The molecule has 1 aromatic heterocycles. The van der Waals surface area contributed by atoms with Gasteiger partial charge < -0.3 is 21.7 Å². The van der Waals surface area contributed by atoms with E-state index in [1.54, 1.807) is 11.3 Å². The van der Waals surface area contributed by atoms with Crippen LogP contribution in [-0.4, -0.2) is 24.4 Å². The van der Waals surface area contributed by atoms with Gasteiger partial charge in [-0.1, -0.05) is 6.58 Å². The van der Waals surface area contributed by atoms with Crippen LogP contribution in [0, 0.1) is 11.8 Å². The lowest BCUT2D eigenvalue weighted by Crippen LogP contribution is -2.36. The van der Waals surface area contributed by atoms with Crippen LogP contribution >= 0.6 is 11.3 Å². The Morgan fingerprint density at radius 2 is 1.96 bits per heavy atom. The van der Waals surface area contributed by atoms with Crippen molar-refractivity contribution in [3.8, 4) is 0 Å². The van der Waals surface area contributed by atoms with Crippen LogP contribution in [0.5, 0.6) is 0 Å². The van der Waals surface area contributed by atoms with Gasteiger partial charge in [-0.15, -0.1) is 11.3 Å². The van der Waals surface area contributed by atoms with Gasteiger partial charge in [0, 0.05) is 23.4 Å². The van der Waals surface area contributed by atoms with E-state index in [-0.39, 0.29) is 23.8 Å². The van der Waals surface area contributed by atoms with Crippen LogP contribution in [0.15, 0.2) is 12.4 Å². The number of carbonyl (C=O) groups is 2. The Hall–Kier alpha value is -2.02. The largest absolute Gasteiger partial charge is 0.386 e. The lowest BCUT2D eigenvalue weighted by Gasteiger charge is -2.24. The highest BCUT2D eigenvalue weighted by Crippen LogP contribution is 2.40. The molecule has 0 bridgehead atoms. The molecule has 0 radical (unpaired) electrons. The summed E-state index contributed by atoms with van der Waals surface area (Å²) in [6, 6.07) is 0.177. The number of carbonyl (C=O) groups excluding carboxylic acids is 2. The van der Waals surface area contributed by atoms with Crippen molar-refractivity contribution < 1.29 is 9.59 Å². The fraction of sp³-hybridized carbons (Fsp3) is 0.579. The average Bonchev–Trinajstić information content (AvgIpc) is 3.49. The number of nitrogens with two attached hydrogens (primary N) is 1. The van der Waals surface area contributed by atoms with E-state index in [1.807, 2.05) is 0 Å². The molecule has 1 atom stereocenters. The van der Waals surface area contributed by atoms with Crippen LogP contribution < -0.4 is 21.7 Å². The summed E-state index contributed by atoms with van der Waals surface area (Å²) in [5.41, 5.74) is 7.42. The minimum Gasteiger partial charge on any atom is -0.386 e. The zero-order valence-corrected chi connectivity index (χ0v) is 15.7. The molecule has 0 aromatic carbocycles. The summed E-state index contributed by atoms with van der Waals surface area (Å²) in [4.78, 5) is 26.4. The molecule has 6 nitrogen and oxygen atoms in total. The van der Waals surface area contributed by atoms with Gasteiger partial charge >= 0.3 is 0 Å². The van der Waals surface area contributed by atoms with Crippen molar-refractivity contribution in [2.45, 2.75) is 51.0 Å². The van der Waals surface area contributed by atoms with Crippen molar-refractivity contribution in [1.29, 1.82) is 0 Å². The number of amides is 2. The summed E-state index contributed by atoms with van der Waals surface area (Å²) in [6.45, 7) is 4.45. The van der Waals surface area contributed by atoms with Crippen molar-refractivity contribution in [1.82, 2.24) is 10.6 Å². The van der Waals surface area contributed by atoms with Gasteiger partial charge in [-0.2, -0.15) is 0 Å². The van der Waals surface area contributed by atoms with Crippen LogP contribution in [0.2, 0.25) is 0 Å². The first-order valence-corrected chi connectivity index (χ1v) is 10.3. The van der Waals surface area contributed by atoms with E-state index < -0.39 is 0 Å². The first kappa shape index (κ1) is 17.4. The van der Waals surface area contributed by atoms with E-state index in [2.05, 4.69) is 22.5 Å². The third-order valence-electron chi connectivity index (χ3n) is 5.31. The van der Waals surface area contributed by atoms with Crippen molar-refractivity contribution in [2.24, 2.45) is 17.6 Å². The van der Waals surface area contributed by atoms with Crippen molar-refractivity contribution in [2.75, 3.05) is 11.9 Å². The summed E-state index contributed by atoms with van der Waals surface area (Å²) >= 11 is 1.56. The second-order valence-corrected chi connectivity index (χ2v) is 8.84. The Labute approximate surface area is 157 Å². The molecule has 0 saturated heterocycles. The topological polar surface area (TPSA) is 96.2 Å². The molecule has 0 spiro atoms. The molecule has 2 fully saturated rings. The van der Waals surface area contributed by atoms with E-state index in [4.69, 9.17) is 5.73 Å². The van der Waals surface area contributed by atoms with Crippen LogP contribution in [0.4, 0.5) is 5.00 Å². The third-order valence-corrected chi connectivity index (χ3v) is 6.52. The van der Waals surface area contributed by atoms with E-state index in [0.717, 1.165) is 44.2 Å². The zero-order chi connectivity index (χ0) is 18.3. The fourth-order valence-electron chi connectivity index (χ4n) is 3.50. The third kappa shape index (κ3) is 3.87. The Morgan fingerprint density at radius 1 is 1.19 bits per heavy atom. The molecule has 2 saturated carbocycles. The Morgan fingerprint density at radius 3 is 2.62 bits per heavy atom. The summed E-state index contributed by atoms with van der Waals surface area (Å²) in [7, 11) is 0. The van der Waals surface area contributed by atoms with Crippen molar-refractivity contribution in [3.05, 3.63) is 28.4 Å². The summed E-state index contributed by atoms with van der Waals surface area (Å²) < 4.78 is 0. The van der Waals surface area contributed by atoms with Crippen LogP contribution in [-0.2, 0) is 17.6 Å². The van der Waals surface area contributed by atoms with E-state index >= 15 is 0 Å². The fourth-order valence-corrected chi connectivity index (χ4v) is 4.75. The molecule has 4 rings (SSSR count). The Kier molecular flexibility index (Phi) is 4.65. The number of fused-ring (bicyclic) bond motifs is 1. The second kappa shape index (κ2) is 6.95. The molecule has 1 heterocycles. The van der Waals surface area contributed by atoms with Crippen LogP contribution in [0.1, 0.15) is 52.9 Å². The van der Waals surface area contributed by atoms with Gasteiger partial charge in [0.1, 0.15) is 5.00 Å². The van der Waals surface area contributed by atoms with E-state index in [9.17, 15) is 9.59 Å². The van der Waals surface area contributed by atoms with Gasteiger partial charge in [0.15, 0.2) is 0 Å². The van der Waals surface area contributed by atoms with E-state index in [1.165, 1.54) is 17.7 Å². The molecule has 3 aliphatic carbocycles. The molecule has 3 aliphatic rings. The monoisotopic (exact) mass is 374 g/mol. The van der Waals surface area contributed by atoms with Gasteiger partial charge in [0.05, 0.1) is 11.4 Å². The highest BCUT2D eigenvalue weighted by molar-refractivity contribution is 7.17. The molecule has 26 heavy (non-hydrogen) atoms. The molecular formula is C19H26N4O2S. The molecule has 1 aromatic rings. The highest BCUT2D eigenvalue weighted by atomic mass is 32.1. The number of aryl methyl sites for hydroxylation is 1. The van der Waals surface area contributed by atoms with Gasteiger partial charge in [-0.3, -0.25) is 9.59 Å². The molecule has 1 unspecified atom stereocenters. The predicted octanol–water partition coefficient (Wildman–Crippen LogP) is 2.11. The normalized spacial score (nSPS) is 21.6. The first-order chi connectivity index (χ1) is 12.5. The van der Waals surface area contributed by atoms with Gasteiger partial charge in [0.2, 0.25) is 5.91 Å². The number of rotatable bonds is 7. The summed E-state index contributed by atoms with van der Waals surface area (Å²) in [5.74, 6) is 1.17. The maximum Gasteiger partial charge on any atom is 0.254 e. The van der Waals surface area contributed by atoms with E-state index in [0.29, 0.717) is 22.3 Å². The second-order valence-electron chi connectivity index (χ2n) is 7.73. The number of hydrogen-bond acceptors (Lipinski definition) is 5. The minimum atomic E-state index is -0.0623. The van der Waals surface area contributed by atoms with Crippen LogP contribution in [0.3, 0.4) is 0 Å². The summed E-state index contributed by atoms with van der Waals surface area (Å²) in [6.07, 6.45) is 6.84. The minimum absolute atomic E-state index is 0.0462. The molecule has 140 valence electrons. The first-order valence-electron chi connectivity index (χ1n) is 9.45. The maximum absolute atomic E-state index is 12.9. The smallest absolute Gasteiger partial charge is 0.254 e. The van der Waals surface area contributed by atoms with Crippen molar-refractivity contribution in [3.63, 3.8) is 0 Å². The average molecular weight is 375 g/mol. The molecule has 5 N–H and O–H groups in total. The Balaban J connectivity index is 1.58. The highest BCUT2D eigenvalue weighted by Gasteiger charge is 2.34. The molecule has 2 amide bonds. The quantitative estimate of drug-likeness (QED) is 0.588. The molecule has 0 aliphatic heterocycles. The Bertz CT molecular complexity index is 749. The van der Waals surface area contributed by atoms with Gasteiger partial charge in [-0.25, -0.2) is 0 Å². The zero-order valence-electron chi connectivity index (χ0n) is 14.9. The maximum atomic E-state index is 12.9. The van der Waals surface area contributed by atoms with Gasteiger partial charge in [0.25, 0.3) is 5.91 Å². The number of hydrogen-bond donors (Lipinski definition) is 4. The lowest BCUT2D eigenvalue weighted by molar-refractivity contribution is -0.117.